The van der Waals surface area contributed by atoms with Gasteiger partial charge in [0.15, 0.2) is 0 Å². The highest BCUT2D eigenvalue weighted by Crippen LogP contribution is 2.40. The molecular weight excluding hydrogens is 777 g/mol. The number of aromatic nitrogens is 4. The van der Waals surface area contributed by atoms with Crippen LogP contribution in [0.3, 0.4) is 0 Å². The lowest BCUT2D eigenvalue weighted by Gasteiger charge is -2.31. The minimum absolute atomic E-state index is 0.164. The maximum absolute atomic E-state index is 14.1. The number of imidazole rings is 2. The van der Waals surface area contributed by atoms with Crippen LogP contribution in [0.4, 0.5) is 9.59 Å². The second-order valence-electron chi connectivity index (χ2n) is 14.8. The molecule has 0 spiro atoms. The summed E-state index contributed by atoms with van der Waals surface area (Å²) in [6.07, 6.45) is 2.00. The van der Waals surface area contributed by atoms with Gasteiger partial charge in [-0.3, -0.25) is 14.5 Å². The van der Waals surface area contributed by atoms with Crippen molar-refractivity contribution in [3.63, 3.8) is 0 Å². The second-order valence-corrected chi connectivity index (χ2v) is 14.8. The molecule has 4 aromatic carbocycles. The Hall–Kier alpha value is -7.16. The summed E-state index contributed by atoms with van der Waals surface area (Å²) in [5.41, 5.74) is 7.00. The third-order valence-electron chi connectivity index (χ3n) is 10.7. The molecule has 0 fully saturated rings. The van der Waals surface area contributed by atoms with Gasteiger partial charge in [0, 0.05) is 31.3 Å². The molecule has 0 radical (unpaired) electrons. The summed E-state index contributed by atoms with van der Waals surface area (Å²) in [5.74, 6) is 1.54. The quantitative estimate of drug-likeness (QED) is 0.0950. The van der Waals surface area contributed by atoms with Crippen LogP contribution in [0.1, 0.15) is 55.6 Å². The highest BCUT2D eigenvalue weighted by Gasteiger charge is 2.33. The summed E-state index contributed by atoms with van der Waals surface area (Å²) in [4.78, 5) is 72.0. The zero-order valence-corrected chi connectivity index (χ0v) is 35.0. The number of carbonyl (C=O) groups is 4. The Balaban J connectivity index is 1.05. The molecule has 0 saturated heterocycles. The van der Waals surface area contributed by atoms with E-state index in [1.807, 2.05) is 62.4 Å². The SMILES string of the molecule is CCCN(Cc1nc2c([nH]1)COc1cc(-c3ccc4cc(-c5cnc(CN(CCC)C(=O)[C@@H](c6ccccc6)N(C)C(=O)OC)[nH]5)ccc4c3)ccc1-2)C(=O)CNC(=O)OC. The van der Waals surface area contributed by atoms with E-state index in [9.17, 15) is 19.2 Å². The van der Waals surface area contributed by atoms with Crippen LogP contribution < -0.4 is 10.1 Å². The fraction of sp³-hybridized carbons (Fsp3) is 0.304. The number of nitrogens with one attached hydrogen (secondary N) is 3. The summed E-state index contributed by atoms with van der Waals surface area (Å²) in [6.45, 7) is 5.64. The molecule has 15 heteroatoms. The number of amides is 4. The number of methoxy groups -OCH3 is 2. The van der Waals surface area contributed by atoms with Crippen LogP contribution in [0.5, 0.6) is 5.75 Å². The van der Waals surface area contributed by atoms with Crippen LogP contribution in [0, 0.1) is 0 Å². The number of likely N-dealkylation sites (N-methyl/N-ethyl adjacent to an activating group) is 1. The molecule has 3 N–H and O–H groups in total. The van der Waals surface area contributed by atoms with Crippen LogP contribution in [-0.4, -0.2) is 99.5 Å². The number of H-pyrrole nitrogens is 2. The van der Waals surface area contributed by atoms with Gasteiger partial charge in [0.1, 0.15) is 36.6 Å². The molecule has 7 rings (SSSR count). The fourth-order valence-electron chi connectivity index (χ4n) is 7.60. The lowest BCUT2D eigenvalue weighted by molar-refractivity contribution is -0.137. The first-order valence-electron chi connectivity index (χ1n) is 20.3. The number of alkyl carbamates (subject to hydrolysis) is 1. The first kappa shape index (κ1) is 42.0. The molecule has 0 saturated carbocycles. The van der Waals surface area contributed by atoms with Crippen LogP contribution in [0.2, 0.25) is 0 Å². The van der Waals surface area contributed by atoms with E-state index in [0.717, 1.165) is 68.7 Å². The van der Waals surface area contributed by atoms with Gasteiger partial charge < -0.3 is 39.3 Å². The molecule has 2 aromatic heterocycles. The summed E-state index contributed by atoms with van der Waals surface area (Å²) in [6, 6.07) is 27.0. The lowest BCUT2D eigenvalue weighted by Crippen LogP contribution is -2.44. The van der Waals surface area contributed by atoms with Crippen LogP contribution in [0.25, 0.3) is 44.4 Å². The number of fused-ring (bicyclic) bond motifs is 4. The van der Waals surface area contributed by atoms with Crippen LogP contribution in [-0.2, 0) is 38.8 Å². The van der Waals surface area contributed by atoms with Crippen molar-refractivity contribution in [1.29, 1.82) is 0 Å². The van der Waals surface area contributed by atoms with Crippen molar-refractivity contribution in [2.24, 2.45) is 0 Å². The number of ether oxygens (including phenoxy) is 3. The van der Waals surface area contributed by atoms with Gasteiger partial charge in [-0.25, -0.2) is 19.6 Å². The number of carbonyl (C=O) groups excluding carboxylic acids is 4. The maximum atomic E-state index is 14.1. The number of aromatic amines is 2. The molecule has 1 aliphatic heterocycles. The van der Waals surface area contributed by atoms with E-state index >= 15 is 0 Å². The molecule has 15 nitrogen and oxygen atoms in total. The standard InChI is InChI=1S/C46H50N8O7/c1-6-19-53(41(55)25-48-45(57)59-4)27-40-50-37-28-61-38-23-33(17-18-35(38)42(37)51-40)31-13-14-32-22-34(16-15-30(32)21-31)36-24-47-39(49-36)26-54(20-7-2)44(56)43(52(3)46(58)60-5)29-11-9-8-10-12-29/h8-18,21-24,43H,6-7,19-20,25-28H2,1-5H3,(H,47,49)(H,48,57)(H,50,51)/t43-/m1/s1. The molecule has 1 atom stereocenters. The van der Waals surface area contributed by atoms with E-state index in [4.69, 9.17) is 14.5 Å². The smallest absolute Gasteiger partial charge is 0.410 e. The Bertz CT molecular complexity index is 2530. The van der Waals surface area contributed by atoms with Gasteiger partial charge in [-0.1, -0.05) is 74.5 Å². The van der Waals surface area contributed by atoms with Gasteiger partial charge in [-0.05, 0) is 64.6 Å². The van der Waals surface area contributed by atoms with E-state index in [0.29, 0.717) is 36.9 Å². The maximum Gasteiger partial charge on any atom is 0.410 e. The Morgan fingerprint density at radius 1 is 0.803 bits per heavy atom. The van der Waals surface area contributed by atoms with E-state index in [1.54, 1.807) is 23.0 Å². The number of rotatable bonds is 15. The highest BCUT2D eigenvalue weighted by atomic mass is 16.5. The topological polar surface area (TPSA) is 175 Å². The molecule has 3 heterocycles. The van der Waals surface area contributed by atoms with E-state index in [-0.39, 0.29) is 31.4 Å². The monoisotopic (exact) mass is 826 g/mol. The number of hydrogen-bond acceptors (Lipinski definition) is 9. The van der Waals surface area contributed by atoms with Gasteiger partial charge in [-0.15, -0.1) is 0 Å². The molecule has 0 bridgehead atoms. The normalized spacial score (nSPS) is 12.1. The minimum atomic E-state index is -0.858. The summed E-state index contributed by atoms with van der Waals surface area (Å²) in [7, 11) is 4.13. The van der Waals surface area contributed by atoms with Gasteiger partial charge in [0.25, 0.3) is 5.91 Å². The largest absolute Gasteiger partial charge is 0.487 e. The molecule has 0 aliphatic carbocycles. The van der Waals surface area contributed by atoms with Crippen LogP contribution >= 0.6 is 0 Å². The predicted molar refractivity (Wildman–Crippen MR) is 230 cm³/mol. The van der Waals surface area contributed by atoms with Gasteiger partial charge >= 0.3 is 12.2 Å². The summed E-state index contributed by atoms with van der Waals surface area (Å²) in [5, 5.41) is 4.57. The van der Waals surface area contributed by atoms with Gasteiger partial charge in [0.05, 0.1) is 50.6 Å². The fourth-order valence-corrected chi connectivity index (χ4v) is 7.60. The van der Waals surface area contributed by atoms with Crippen molar-refractivity contribution in [1.82, 2.24) is 40.0 Å². The summed E-state index contributed by atoms with van der Waals surface area (Å²) < 4.78 is 15.8. The molecular formula is C46H50N8O7. The van der Waals surface area contributed by atoms with Crippen molar-refractivity contribution < 1.29 is 33.4 Å². The van der Waals surface area contributed by atoms with E-state index < -0.39 is 18.2 Å². The highest BCUT2D eigenvalue weighted by molar-refractivity contribution is 5.91. The zero-order valence-electron chi connectivity index (χ0n) is 35.0. The van der Waals surface area contributed by atoms with Crippen molar-refractivity contribution in [3.05, 3.63) is 114 Å². The third-order valence-corrected chi connectivity index (χ3v) is 10.7. The Morgan fingerprint density at radius 2 is 1.48 bits per heavy atom. The second kappa shape index (κ2) is 18.8. The molecule has 1 aliphatic rings. The van der Waals surface area contributed by atoms with Crippen molar-refractivity contribution in [3.8, 4) is 39.4 Å². The number of benzene rings is 4. The zero-order chi connectivity index (χ0) is 43.0. The minimum Gasteiger partial charge on any atom is -0.487 e. The first-order valence-corrected chi connectivity index (χ1v) is 20.3. The average molecular weight is 827 g/mol. The predicted octanol–water partition coefficient (Wildman–Crippen LogP) is 7.45. The average Bonchev–Trinajstić information content (AvgIpc) is 3.94. The number of hydrogen-bond donors (Lipinski definition) is 3. The van der Waals surface area contributed by atoms with Crippen molar-refractivity contribution >= 4 is 34.8 Å². The molecule has 61 heavy (non-hydrogen) atoms. The Kier molecular flexibility index (Phi) is 13.0. The van der Waals surface area contributed by atoms with Gasteiger partial charge in [-0.2, -0.15) is 0 Å². The van der Waals surface area contributed by atoms with Crippen molar-refractivity contribution in [2.75, 3.05) is 40.9 Å². The molecule has 0 unspecified atom stereocenters. The van der Waals surface area contributed by atoms with Crippen LogP contribution in [0.15, 0.2) is 91.1 Å². The third kappa shape index (κ3) is 9.35. The van der Waals surface area contributed by atoms with E-state index in [1.165, 1.54) is 19.1 Å². The van der Waals surface area contributed by atoms with Crippen molar-refractivity contribution in [2.45, 2.75) is 52.4 Å². The Labute approximate surface area is 354 Å². The summed E-state index contributed by atoms with van der Waals surface area (Å²) >= 11 is 0. The van der Waals surface area contributed by atoms with Gasteiger partial charge in [0.2, 0.25) is 5.91 Å². The first-order chi connectivity index (χ1) is 29.6. The molecule has 316 valence electrons. The Morgan fingerprint density at radius 3 is 2.20 bits per heavy atom. The lowest BCUT2D eigenvalue weighted by atomic mass is 9.97. The molecule has 6 aromatic rings. The molecule has 4 amide bonds. The number of nitrogens with zero attached hydrogens (tertiary/aromatic N) is 5. The van der Waals surface area contributed by atoms with E-state index in [2.05, 4.69) is 61.4 Å².